The van der Waals surface area contributed by atoms with Gasteiger partial charge in [0.2, 0.25) is 11.8 Å². The van der Waals surface area contributed by atoms with Crippen LogP contribution in [0.15, 0.2) is 18.2 Å². The summed E-state index contributed by atoms with van der Waals surface area (Å²) in [6.07, 6.45) is 4.43. The summed E-state index contributed by atoms with van der Waals surface area (Å²) in [7, 11) is 1.58. The number of amides is 2. The van der Waals surface area contributed by atoms with Gasteiger partial charge in [0.25, 0.3) is 0 Å². The van der Waals surface area contributed by atoms with Crippen molar-refractivity contribution in [1.29, 1.82) is 0 Å². The van der Waals surface area contributed by atoms with Gasteiger partial charge in [-0.1, -0.05) is 0 Å². The fraction of sp³-hybridized carbons (Fsp3) is 0.556. The summed E-state index contributed by atoms with van der Waals surface area (Å²) in [5.41, 5.74) is 0.913. The van der Waals surface area contributed by atoms with Gasteiger partial charge in [-0.05, 0) is 51.3 Å². The van der Waals surface area contributed by atoms with Gasteiger partial charge in [0.05, 0.1) is 18.3 Å². The van der Waals surface area contributed by atoms with Crippen molar-refractivity contribution >= 4 is 35.6 Å². The van der Waals surface area contributed by atoms with Crippen molar-refractivity contribution in [3.05, 3.63) is 18.2 Å². The van der Waals surface area contributed by atoms with Gasteiger partial charge in [-0.3, -0.25) is 9.59 Å². The monoisotopic (exact) mass is 367 g/mol. The molecule has 1 atom stereocenters. The second-order valence-corrected chi connectivity index (χ2v) is 6.71. The number of rotatable bonds is 4. The van der Waals surface area contributed by atoms with Crippen molar-refractivity contribution in [3.8, 4) is 5.75 Å². The lowest BCUT2D eigenvalue weighted by molar-refractivity contribution is -0.122. The molecule has 0 bridgehead atoms. The van der Waals surface area contributed by atoms with Crippen molar-refractivity contribution in [2.75, 3.05) is 30.4 Å². The van der Waals surface area contributed by atoms with Gasteiger partial charge in [-0.2, -0.15) is 0 Å². The Hall–Kier alpha value is -1.79. The summed E-state index contributed by atoms with van der Waals surface area (Å²) in [5.74, 6) is 0.683. The number of ether oxygens (including phenoxy) is 1. The maximum atomic E-state index is 12.6. The van der Waals surface area contributed by atoms with Crippen LogP contribution >= 0.6 is 12.4 Å². The average molecular weight is 368 g/mol. The first-order chi connectivity index (χ1) is 11.5. The van der Waals surface area contributed by atoms with Crippen molar-refractivity contribution in [2.45, 2.75) is 44.6 Å². The molecule has 0 aromatic heterocycles. The average Bonchev–Trinajstić information content (AvgIpc) is 3.01. The Morgan fingerprint density at radius 3 is 2.72 bits per heavy atom. The van der Waals surface area contributed by atoms with Crippen LogP contribution in [0.5, 0.6) is 5.75 Å². The fourth-order valence-corrected chi connectivity index (χ4v) is 3.40. The standard InChI is InChI=1S/C18H25N3O3.ClH/c1-18(9-3-4-10-19-18)17(23)20-13-7-8-14(15(12-13)24-2)21-11-5-6-16(21)22;/h7-8,12,19H,3-6,9-11H2,1-2H3,(H,20,23);1H. The molecule has 0 spiro atoms. The highest BCUT2D eigenvalue weighted by Crippen LogP contribution is 2.34. The first kappa shape index (κ1) is 19.5. The van der Waals surface area contributed by atoms with Crippen LogP contribution in [0.3, 0.4) is 0 Å². The number of anilines is 2. The van der Waals surface area contributed by atoms with E-state index in [9.17, 15) is 9.59 Å². The first-order valence-electron chi connectivity index (χ1n) is 8.58. The number of methoxy groups -OCH3 is 1. The Balaban J connectivity index is 0.00000225. The lowest BCUT2D eigenvalue weighted by Gasteiger charge is -2.33. The van der Waals surface area contributed by atoms with Crippen molar-refractivity contribution < 1.29 is 14.3 Å². The molecule has 7 heteroatoms. The van der Waals surface area contributed by atoms with Crippen LogP contribution in [0.1, 0.15) is 39.0 Å². The molecule has 2 saturated heterocycles. The molecule has 2 amide bonds. The Labute approximate surface area is 154 Å². The molecule has 25 heavy (non-hydrogen) atoms. The minimum atomic E-state index is -0.533. The number of piperidine rings is 1. The van der Waals surface area contributed by atoms with E-state index in [1.54, 1.807) is 18.1 Å². The van der Waals surface area contributed by atoms with Crippen LogP contribution in [-0.4, -0.2) is 37.6 Å². The van der Waals surface area contributed by atoms with Crippen LogP contribution in [0.2, 0.25) is 0 Å². The summed E-state index contributed by atoms with van der Waals surface area (Å²) >= 11 is 0. The van der Waals surface area contributed by atoms with E-state index in [1.165, 1.54) is 0 Å². The summed E-state index contributed by atoms with van der Waals surface area (Å²) in [4.78, 5) is 26.3. The number of carbonyl (C=O) groups excluding carboxylic acids is 2. The largest absolute Gasteiger partial charge is 0.494 e. The molecule has 2 aliphatic heterocycles. The van der Waals surface area contributed by atoms with Gasteiger partial charge in [0, 0.05) is 24.7 Å². The van der Waals surface area contributed by atoms with E-state index in [-0.39, 0.29) is 24.2 Å². The molecule has 1 aromatic rings. The van der Waals surface area contributed by atoms with Gasteiger partial charge in [0.15, 0.2) is 0 Å². The zero-order valence-electron chi connectivity index (χ0n) is 14.8. The molecular formula is C18H26ClN3O3. The number of halogens is 1. The van der Waals surface area contributed by atoms with Gasteiger partial charge in [-0.25, -0.2) is 0 Å². The van der Waals surface area contributed by atoms with Gasteiger partial charge in [-0.15, -0.1) is 12.4 Å². The SMILES string of the molecule is COc1cc(NC(=O)C2(C)CCCCN2)ccc1N1CCCC1=O.Cl. The quantitative estimate of drug-likeness (QED) is 0.858. The molecule has 0 aliphatic carbocycles. The second kappa shape index (κ2) is 8.06. The molecule has 2 N–H and O–H groups in total. The van der Waals surface area contributed by atoms with Crippen molar-refractivity contribution in [3.63, 3.8) is 0 Å². The Bertz CT molecular complexity index is 644. The molecule has 0 radical (unpaired) electrons. The number of nitrogens with zero attached hydrogens (tertiary/aromatic N) is 1. The maximum Gasteiger partial charge on any atom is 0.244 e. The summed E-state index contributed by atoms with van der Waals surface area (Å²) < 4.78 is 5.44. The number of nitrogens with one attached hydrogen (secondary N) is 2. The normalized spacial score (nSPS) is 23.1. The zero-order valence-corrected chi connectivity index (χ0v) is 15.6. The van der Waals surface area contributed by atoms with E-state index in [4.69, 9.17) is 4.74 Å². The summed E-state index contributed by atoms with van der Waals surface area (Å²) in [6, 6.07) is 5.45. The molecular weight excluding hydrogens is 342 g/mol. The Morgan fingerprint density at radius 1 is 1.32 bits per heavy atom. The lowest BCUT2D eigenvalue weighted by Crippen LogP contribution is -2.54. The van der Waals surface area contributed by atoms with Crippen LogP contribution in [0, 0.1) is 0 Å². The van der Waals surface area contributed by atoms with Crippen molar-refractivity contribution in [2.24, 2.45) is 0 Å². The highest BCUT2D eigenvalue weighted by molar-refractivity contribution is 6.00. The van der Waals surface area contributed by atoms with E-state index in [0.29, 0.717) is 24.4 Å². The third-order valence-electron chi connectivity index (χ3n) is 4.92. The van der Waals surface area contributed by atoms with Crippen LogP contribution in [-0.2, 0) is 9.59 Å². The molecule has 2 fully saturated rings. The van der Waals surface area contributed by atoms with Crippen LogP contribution < -0.4 is 20.3 Å². The zero-order chi connectivity index (χ0) is 17.2. The molecule has 138 valence electrons. The number of carbonyl (C=O) groups is 2. The predicted octanol–water partition coefficient (Wildman–Crippen LogP) is 2.71. The maximum absolute atomic E-state index is 12.6. The molecule has 2 heterocycles. The molecule has 3 rings (SSSR count). The minimum Gasteiger partial charge on any atom is -0.494 e. The minimum absolute atomic E-state index is 0. The molecule has 2 aliphatic rings. The first-order valence-corrected chi connectivity index (χ1v) is 8.58. The Kier molecular flexibility index (Phi) is 6.30. The summed E-state index contributed by atoms with van der Waals surface area (Å²) in [6.45, 7) is 3.52. The van der Waals surface area contributed by atoms with Crippen LogP contribution in [0.25, 0.3) is 0 Å². The highest BCUT2D eigenvalue weighted by Gasteiger charge is 2.34. The van der Waals surface area contributed by atoms with E-state index in [0.717, 1.165) is 37.9 Å². The van der Waals surface area contributed by atoms with Crippen molar-refractivity contribution in [1.82, 2.24) is 5.32 Å². The predicted molar refractivity (Wildman–Crippen MR) is 101 cm³/mol. The third kappa shape index (κ3) is 4.07. The van der Waals surface area contributed by atoms with E-state index < -0.39 is 5.54 Å². The number of hydrogen-bond acceptors (Lipinski definition) is 4. The van der Waals surface area contributed by atoms with Crippen LogP contribution in [0.4, 0.5) is 11.4 Å². The topological polar surface area (TPSA) is 70.7 Å². The highest BCUT2D eigenvalue weighted by atomic mass is 35.5. The fourth-order valence-electron chi connectivity index (χ4n) is 3.40. The molecule has 1 unspecified atom stereocenters. The van der Waals surface area contributed by atoms with Gasteiger partial charge >= 0.3 is 0 Å². The molecule has 0 saturated carbocycles. The van der Waals surface area contributed by atoms with E-state index in [1.807, 2.05) is 19.1 Å². The number of benzene rings is 1. The molecule has 6 nitrogen and oxygen atoms in total. The Morgan fingerprint density at radius 2 is 2.12 bits per heavy atom. The van der Waals surface area contributed by atoms with Gasteiger partial charge in [0.1, 0.15) is 5.75 Å². The summed E-state index contributed by atoms with van der Waals surface area (Å²) in [5, 5.41) is 6.28. The smallest absolute Gasteiger partial charge is 0.244 e. The number of hydrogen-bond donors (Lipinski definition) is 2. The molecule has 1 aromatic carbocycles. The van der Waals surface area contributed by atoms with E-state index in [2.05, 4.69) is 10.6 Å². The third-order valence-corrected chi connectivity index (χ3v) is 4.92. The second-order valence-electron chi connectivity index (χ2n) is 6.71. The van der Waals surface area contributed by atoms with E-state index >= 15 is 0 Å². The van der Waals surface area contributed by atoms with Gasteiger partial charge < -0.3 is 20.3 Å². The lowest BCUT2D eigenvalue weighted by atomic mass is 9.90.